The molecule has 1 heterocycles. The Kier molecular flexibility index (Phi) is 5.96. The van der Waals surface area contributed by atoms with Gasteiger partial charge >= 0.3 is 5.91 Å². The van der Waals surface area contributed by atoms with Crippen molar-refractivity contribution in [2.45, 2.75) is 33.6 Å². The second-order valence-electron chi connectivity index (χ2n) is 3.60. The number of unbranched alkanes of at least 4 members (excludes halogenated alkanes) is 1. The summed E-state index contributed by atoms with van der Waals surface area (Å²) in [4.78, 5) is 12.7. The van der Waals surface area contributed by atoms with Crippen LogP contribution in [0.1, 0.15) is 33.6 Å². The van der Waals surface area contributed by atoms with Crippen molar-refractivity contribution in [3.05, 3.63) is 23.4 Å². The van der Waals surface area contributed by atoms with Gasteiger partial charge in [-0.1, -0.05) is 13.3 Å². The molecule has 0 radical (unpaired) electrons. The van der Waals surface area contributed by atoms with Gasteiger partial charge in [0.2, 0.25) is 0 Å². The molecule has 1 aliphatic heterocycles. The number of quaternary nitrogens is 1. The first-order valence-corrected chi connectivity index (χ1v) is 4.93. The SMILES string of the molecule is CCCC[NH+]1C=CC(C)=C(C)C1=O.[Br-]. The number of hydrogen-bond acceptors (Lipinski definition) is 1. The average molecular weight is 260 g/mol. The monoisotopic (exact) mass is 259 g/mol. The lowest BCUT2D eigenvalue weighted by Gasteiger charge is -2.16. The van der Waals surface area contributed by atoms with Gasteiger partial charge in [0.15, 0.2) is 0 Å². The van der Waals surface area contributed by atoms with Crippen LogP contribution in [0.25, 0.3) is 0 Å². The smallest absolute Gasteiger partial charge is 0.344 e. The Morgan fingerprint density at radius 1 is 1.36 bits per heavy atom. The fourth-order valence-electron chi connectivity index (χ4n) is 1.41. The molecule has 14 heavy (non-hydrogen) atoms. The summed E-state index contributed by atoms with van der Waals surface area (Å²) in [6.45, 7) is 6.97. The Balaban J connectivity index is 0.00000169. The molecule has 2 nitrogen and oxygen atoms in total. The van der Waals surface area contributed by atoms with Crippen molar-refractivity contribution in [3.63, 3.8) is 0 Å². The molecule has 0 fully saturated rings. The summed E-state index contributed by atoms with van der Waals surface area (Å²) in [5, 5.41) is 0. The summed E-state index contributed by atoms with van der Waals surface area (Å²) in [5.74, 6) is 0.244. The zero-order valence-electron chi connectivity index (χ0n) is 9.06. The highest BCUT2D eigenvalue weighted by atomic mass is 79.9. The number of rotatable bonds is 3. The van der Waals surface area contributed by atoms with Crippen LogP contribution in [-0.4, -0.2) is 12.5 Å². The number of hydrogen-bond donors (Lipinski definition) is 1. The lowest BCUT2D eigenvalue weighted by molar-refractivity contribution is -0.762. The van der Waals surface area contributed by atoms with E-state index in [1.54, 1.807) is 0 Å². The third kappa shape index (κ3) is 3.07. The average Bonchev–Trinajstić information content (AvgIpc) is 2.13. The van der Waals surface area contributed by atoms with E-state index in [-0.39, 0.29) is 22.9 Å². The van der Waals surface area contributed by atoms with Crippen LogP contribution in [0.4, 0.5) is 0 Å². The lowest BCUT2D eigenvalue weighted by Crippen LogP contribution is -3.11. The maximum Gasteiger partial charge on any atom is 0.344 e. The van der Waals surface area contributed by atoms with Gasteiger partial charge in [0, 0.05) is 0 Å². The van der Waals surface area contributed by atoms with Crippen molar-refractivity contribution >= 4 is 5.91 Å². The van der Waals surface area contributed by atoms with E-state index < -0.39 is 0 Å². The number of amides is 1. The molecule has 80 valence electrons. The van der Waals surface area contributed by atoms with Crippen LogP contribution in [0.15, 0.2) is 23.4 Å². The molecule has 1 amide bonds. The van der Waals surface area contributed by atoms with Crippen molar-refractivity contribution in [3.8, 4) is 0 Å². The molecule has 1 rings (SSSR count). The summed E-state index contributed by atoms with van der Waals surface area (Å²) in [5.41, 5.74) is 2.01. The van der Waals surface area contributed by atoms with E-state index in [4.69, 9.17) is 0 Å². The van der Waals surface area contributed by atoms with E-state index >= 15 is 0 Å². The predicted octanol–water partition coefficient (Wildman–Crippen LogP) is -1.93. The summed E-state index contributed by atoms with van der Waals surface area (Å²) in [6, 6.07) is 0. The Morgan fingerprint density at radius 2 is 2.00 bits per heavy atom. The maximum atomic E-state index is 11.7. The Hall–Kier alpha value is -0.410. The van der Waals surface area contributed by atoms with Crippen molar-refractivity contribution in [2.24, 2.45) is 0 Å². The molecule has 1 aliphatic rings. The van der Waals surface area contributed by atoms with Crippen molar-refractivity contribution in [2.75, 3.05) is 6.54 Å². The minimum absolute atomic E-state index is 0. The molecule has 1 atom stereocenters. The van der Waals surface area contributed by atoms with E-state index in [2.05, 4.69) is 6.92 Å². The zero-order valence-corrected chi connectivity index (χ0v) is 10.6. The number of carbonyl (C=O) groups is 1. The van der Waals surface area contributed by atoms with Crippen molar-refractivity contribution < 1.29 is 26.7 Å². The summed E-state index contributed by atoms with van der Waals surface area (Å²) in [7, 11) is 0. The first kappa shape index (κ1) is 13.6. The third-order valence-electron chi connectivity index (χ3n) is 2.56. The molecule has 1 unspecified atom stereocenters. The third-order valence-corrected chi connectivity index (χ3v) is 2.56. The van der Waals surface area contributed by atoms with Crippen LogP contribution in [0.3, 0.4) is 0 Å². The molecule has 0 saturated heterocycles. The molecule has 0 saturated carbocycles. The van der Waals surface area contributed by atoms with Gasteiger partial charge in [-0.3, -0.25) is 0 Å². The van der Waals surface area contributed by atoms with Gasteiger partial charge in [0.25, 0.3) is 0 Å². The fourth-order valence-corrected chi connectivity index (χ4v) is 1.41. The summed E-state index contributed by atoms with van der Waals surface area (Å²) in [6.07, 6.45) is 6.27. The minimum Gasteiger partial charge on any atom is -1.00 e. The van der Waals surface area contributed by atoms with Crippen LogP contribution in [-0.2, 0) is 4.79 Å². The molecule has 0 aromatic heterocycles. The number of allylic oxidation sites excluding steroid dienone is 2. The van der Waals surface area contributed by atoms with Gasteiger partial charge in [0.1, 0.15) is 6.20 Å². The Labute approximate surface area is 96.4 Å². The van der Waals surface area contributed by atoms with E-state index in [0.29, 0.717) is 0 Å². The lowest BCUT2D eigenvalue weighted by atomic mass is 10.1. The zero-order chi connectivity index (χ0) is 9.84. The highest BCUT2D eigenvalue weighted by molar-refractivity contribution is 5.88. The summed E-state index contributed by atoms with van der Waals surface area (Å²) >= 11 is 0. The topological polar surface area (TPSA) is 21.5 Å². The van der Waals surface area contributed by atoms with Gasteiger partial charge < -0.3 is 17.0 Å². The highest BCUT2D eigenvalue weighted by Crippen LogP contribution is 2.05. The van der Waals surface area contributed by atoms with E-state index in [0.717, 1.165) is 35.4 Å². The van der Waals surface area contributed by atoms with Gasteiger partial charge in [-0.2, -0.15) is 0 Å². The summed E-state index contributed by atoms with van der Waals surface area (Å²) < 4.78 is 0. The van der Waals surface area contributed by atoms with Crippen LogP contribution in [0.2, 0.25) is 0 Å². The molecular weight excluding hydrogens is 242 g/mol. The second kappa shape index (κ2) is 6.14. The molecule has 0 aromatic rings. The van der Waals surface area contributed by atoms with E-state index in [9.17, 15) is 4.79 Å². The Bertz CT molecular complexity index is 268. The van der Waals surface area contributed by atoms with Crippen LogP contribution >= 0.6 is 0 Å². The van der Waals surface area contributed by atoms with Gasteiger partial charge in [-0.05, 0) is 31.9 Å². The van der Waals surface area contributed by atoms with Gasteiger partial charge in [-0.15, -0.1) is 0 Å². The largest absolute Gasteiger partial charge is 1.00 e. The van der Waals surface area contributed by atoms with Crippen LogP contribution in [0, 0.1) is 0 Å². The quantitative estimate of drug-likeness (QED) is 0.627. The second-order valence-corrected chi connectivity index (χ2v) is 3.60. The predicted molar refractivity (Wildman–Crippen MR) is 53.3 cm³/mol. The molecule has 0 aliphatic carbocycles. The van der Waals surface area contributed by atoms with E-state index in [1.165, 1.54) is 0 Å². The standard InChI is InChI=1S/C11H17NO.BrH/c1-4-5-7-12-8-6-9(2)10(3)11(12)13;/h6,8H,4-5,7H2,1-3H3;1H. The fraction of sp³-hybridized carbons (Fsp3) is 0.545. The molecular formula is C11H18BrNO. The first-order valence-electron chi connectivity index (χ1n) is 4.93. The molecule has 3 heteroatoms. The first-order chi connectivity index (χ1) is 6.16. The number of nitrogens with one attached hydrogen (secondary N) is 1. The van der Waals surface area contributed by atoms with Gasteiger partial charge in [0.05, 0.1) is 12.1 Å². The van der Waals surface area contributed by atoms with Crippen LogP contribution in [0.5, 0.6) is 0 Å². The highest BCUT2D eigenvalue weighted by Gasteiger charge is 2.22. The normalized spacial score (nSPS) is 21.1. The molecule has 0 spiro atoms. The number of carbonyl (C=O) groups excluding carboxylic acids is 1. The molecule has 0 bridgehead atoms. The Morgan fingerprint density at radius 3 is 2.57 bits per heavy atom. The van der Waals surface area contributed by atoms with Crippen molar-refractivity contribution in [1.82, 2.24) is 0 Å². The minimum atomic E-state index is 0. The van der Waals surface area contributed by atoms with Gasteiger partial charge in [-0.25, -0.2) is 9.69 Å². The molecule has 0 aromatic carbocycles. The van der Waals surface area contributed by atoms with Crippen molar-refractivity contribution in [1.29, 1.82) is 0 Å². The maximum absolute atomic E-state index is 11.7. The number of halogens is 1. The molecule has 1 N–H and O–H groups in total. The van der Waals surface area contributed by atoms with E-state index in [1.807, 2.05) is 26.1 Å². The van der Waals surface area contributed by atoms with Crippen LogP contribution < -0.4 is 21.9 Å².